The summed E-state index contributed by atoms with van der Waals surface area (Å²) in [6.45, 7) is 3.96. The van der Waals surface area contributed by atoms with E-state index in [4.69, 9.17) is 11.6 Å². The van der Waals surface area contributed by atoms with Crippen LogP contribution < -0.4 is 0 Å². The fourth-order valence-corrected chi connectivity index (χ4v) is 3.71. The second-order valence-electron chi connectivity index (χ2n) is 7.16. The first-order valence-electron chi connectivity index (χ1n) is 9.07. The third kappa shape index (κ3) is 4.47. The molecular formula is C19H23ClF3N3O. The highest BCUT2D eigenvalue weighted by Gasteiger charge is 2.37. The van der Waals surface area contributed by atoms with Gasteiger partial charge in [0.05, 0.1) is 16.8 Å². The van der Waals surface area contributed by atoms with Crippen molar-refractivity contribution in [1.29, 1.82) is 0 Å². The molecule has 3 rings (SSSR count). The van der Waals surface area contributed by atoms with Crippen LogP contribution in [0, 0.1) is 24.4 Å². The normalized spacial score (nSPS) is 17.4. The van der Waals surface area contributed by atoms with Gasteiger partial charge in [-0.3, -0.25) is 4.68 Å². The van der Waals surface area contributed by atoms with Crippen LogP contribution in [0.4, 0.5) is 13.2 Å². The standard InChI is InChI=1S/C19H23ClF3N3O/c1-13-17(22)15(10-16(21)18(13)23)19(27)4-8-25(9-5-19)6-2-3-7-26-12-14(20)11-24-26/h10-12,27H,2-9H2,1H3. The zero-order valence-electron chi connectivity index (χ0n) is 15.2. The van der Waals surface area contributed by atoms with E-state index in [0.717, 1.165) is 32.0 Å². The lowest BCUT2D eigenvalue weighted by molar-refractivity contribution is -0.0291. The maximum atomic E-state index is 14.4. The minimum Gasteiger partial charge on any atom is -0.385 e. The van der Waals surface area contributed by atoms with Gasteiger partial charge in [0.15, 0.2) is 11.6 Å². The van der Waals surface area contributed by atoms with Gasteiger partial charge >= 0.3 is 0 Å². The van der Waals surface area contributed by atoms with Crippen molar-refractivity contribution in [3.05, 3.63) is 52.1 Å². The first-order chi connectivity index (χ1) is 12.8. The van der Waals surface area contributed by atoms with Crippen molar-refractivity contribution in [3.63, 3.8) is 0 Å². The number of unbranched alkanes of at least 4 members (excludes halogenated alkanes) is 1. The zero-order chi connectivity index (χ0) is 19.6. The van der Waals surface area contributed by atoms with Gasteiger partial charge in [0.2, 0.25) is 0 Å². The topological polar surface area (TPSA) is 41.3 Å². The van der Waals surface area contributed by atoms with E-state index in [-0.39, 0.29) is 24.0 Å². The number of aryl methyl sites for hydroxylation is 1. The maximum Gasteiger partial charge on any atom is 0.164 e. The predicted molar refractivity (Wildman–Crippen MR) is 97.1 cm³/mol. The molecule has 0 bridgehead atoms. The van der Waals surface area contributed by atoms with Crippen molar-refractivity contribution < 1.29 is 18.3 Å². The number of benzene rings is 1. The quantitative estimate of drug-likeness (QED) is 0.587. The maximum absolute atomic E-state index is 14.4. The highest BCUT2D eigenvalue weighted by molar-refractivity contribution is 6.30. The molecule has 0 atom stereocenters. The molecular weight excluding hydrogens is 379 g/mol. The Morgan fingerprint density at radius 3 is 2.44 bits per heavy atom. The van der Waals surface area contributed by atoms with Crippen LogP contribution in [-0.4, -0.2) is 39.4 Å². The molecule has 1 aliphatic rings. The lowest BCUT2D eigenvalue weighted by Crippen LogP contribution is -2.43. The summed E-state index contributed by atoms with van der Waals surface area (Å²) < 4.78 is 43.4. The number of hydrogen-bond acceptors (Lipinski definition) is 3. The second-order valence-corrected chi connectivity index (χ2v) is 7.60. The molecule has 1 fully saturated rings. The predicted octanol–water partition coefficient (Wildman–Crippen LogP) is 4.03. The van der Waals surface area contributed by atoms with Gasteiger partial charge in [-0.05, 0) is 45.2 Å². The Kier molecular flexibility index (Phi) is 6.13. The summed E-state index contributed by atoms with van der Waals surface area (Å²) in [5.41, 5.74) is -2.00. The first kappa shape index (κ1) is 20.2. The van der Waals surface area contributed by atoms with E-state index in [1.165, 1.54) is 6.92 Å². The van der Waals surface area contributed by atoms with Crippen molar-refractivity contribution in [2.75, 3.05) is 19.6 Å². The SMILES string of the molecule is Cc1c(F)c(F)cc(C2(O)CCN(CCCCn3cc(Cl)cn3)CC2)c1F. The van der Waals surface area contributed by atoms with Gasteiger partial charge in [-0.1, -0.05) is 11.6 Å². The molecule has 0 saturated carbocycles. The molecule has 2 aromatic rings. The summed E-state index contributed by atoms with van der Waals surface area (Å²) in [5, 5.41) is 15.6. The van der Waals surface area contributed by atoms with E-state index in [2.05, 4.69) is 10.00 Å². The molecule has 4 nitrogen and oxygen atoms in total. The van der Waals surface area contributed by atoms with Crippen LogP contribution in [0.2, 0.25) is 5.02 Å². The Bertz CT molecular complexity index is 804. The summed E-state index contributed by atoms with van der Waals surface area (Å²) in [6.07, 6.45) is 5.84. The van der Waals surface area contributed by atoms with Crippen molar-refractivity contribution in [2.24, 2.45) is 0 Å². The van der Waals surface area contributed by atoms with E-state index >= 15 is 0 Å². The number of hydrogen-bond donors (Lipinski definition) is 1. The van der Waals surface area contributed by atoms with Gasteiger partial charge in [-0.2, -0.15) is 5.10 Å². The highest BCUT2D eigenvalue weighted by Crippen LogP contribution is 2.36. The average molecular weight is 402 g/mol. The molecule has 8 heteroatoms. The third-order valence-electron chi connectivity index (χ3n) is 5.27. The minimum atomic E-state index is -1.47. The fourth-order valence-electron chi connectivity index (χ4n) is 3.56. The molecule has 0 unspecified atom stereocenters. The second kappa shape index (κ2) is 8.20. The van der Waals surface area contributed by atoms with Crippen molar-refractivity contribution in [1.82, 2.24) is 14.7 Å². The molecule has 1 aromatic heterocycles. The first-order valence-corrected chi connectivity index (χ1v) is 9.45. The number of halogens is 4. The number of aliphatic hydroxyl groups is 1. The Balaban J connectivity index is 1.52. The van der Waals surface area contributed by atoms with Gasteiger partial charge in [0.1, 0.15) is 5.82 Å². The number of piperidine rings is 1. The van der Waals surface area contributed by atoms with Crippen LogP contribution in [0.5, 0.6) is 0 Å². The average Bonchev–Trinajstić information content (AvgIpc) is 3.06. The summed E-state index contributed by atoms with van der Waals surface area (Å²) in [7, 11) is 0. The van der Waals surface area contributed by atoms with Gasteiger partial charge in [0, 0.05) is 37.0 Å². The third-order valence-corrected chi connectivity index (χ3v) is 5.47. The molecule has 0 amide bonds. The zero-order valence-corrected chi connectivity index (χ0v) is 15.9. The van der Waals surface area contributed by atoms with E-state index in [1.807, 2.05) is 0 Å². The fraction of sp³-hybridized carbons (Fsp3) is 0.526. The monoisotopic (exact) mass is 401 g/mol. The van der Waals surface area contributed by atoms with Crippen LogP contribution in [-0.2, 0) is 12.1 Å². The molecule has 1 N–H and O–H groups in total. The molecule has 148 valence electrons. The number of nitrogens with zero attached hydrogens (tertiary/aromatic N) is 3. The van der Waals surface area contributed by atoms with Crippen molar-refractivity contribution in [3.8, 4) is 0 Å². The highest BCUT2D eigenvalue weighted by atomic mass is 35.5. The lowest BCUT2D eigenvalue weighted by atomic mass is 9.83. The largest absolute Gasteiger partial charge is 0.385 e. The summed E-state index contributed by atoms with van der Waals surface area (Å²) in [4.78, 5) is 2.19. The van der Waals surface area contributed by atoms with Gasteiger partial charge in [-0.25, -0.2) is 13.2 Å². The Hall–Kier alpha value is -1.57. The summed E-state index contributed by atoms with van der Waals surface area (Å²) in [6, 6.07) is 0.794. The van der Waals surface area contributed by atoms with Crippen molar-refractivity contribution >= 4 is 11.6 Å². The van der Waals surface area contributed by atoms with Gasteiger partial charge in [-0.15, -0.1) is 0 Å². The van der Waals surface area contributed by atoms with Crippen LogP contribution in [0.1, 0.15) is 36.8 Å². The molecule has 0 radical (unpaired) electrons. The van der Waals surface area contributed by atoms with E-state index < -0.39 is 23.1 Å². The van der Waals surface area contributed by atoms with Gasteiger partial charge < -0.3 is 10.0 Å². The van der Waals surface area contributed by atoms with Crippen LogP contribution >= 0.6 is 11.6 Å². The number of aromatic nitrogens is 2. The molecule has 1 aliphatic heterocycles. The smallest absolute Gasteiger partial charge is 0.164 e. The molecule has 27 heavy (non-hydrogen) atoms. The van der Waals surface area contributed by atoms with Crippen LogP contribution in [0.25, 0.3) is 0 Å². The molecule has 0 aliphatic carbocycles. The Labute approximate surface area is 161 Å². The molecule has 0 spiro atoms. The Morgan fingerprint density at radius 2 is 1.81 bits per heavy atom. The van der Waals surface area contributed by atoms with Crippen LogP contribution in [0.15, 0.2) is 18.5 Å². The molecule has 1 aromatic carbocycles. The Morgan fingerprint density at radius 1 is 1.15 bits per heavy atom. The number of likely N-dealkylation sites (tertiary alicyclic amines) is 1. The molecule has 1 saturated heterocycles. The van der Waals surface area contributed by atoms with Crippen LogP contribution in [0.3, 0.4) is 0 Å². The van der Waals surface area contributed by atoms with Crippen molar-refractivity contribution in [2.45, 2.75) is 44.8 Å². The van der Waals surface area contributed by atoms with Gasteiger partial charge in [0.25, 0.3) is 0 Å². The minimum absolute atomic E-state index is 0.144. The van der Waals surface area contributed by atoms with E-state index in [9.17, 15) is 18.3 Å². The number of rotatable bonds is 6. The lowest BCUT2D eigenvalue weighted by Gasteiger charge is -2.39. The summed E-state index contributed by atoms with van der Waals surface area (Å²) in [5.74, 6) is -3.18. The van der Waals surface area contributed by atoms with E-state index in [1.54, 1.807) is 17.1 Å². The summed E-state index contributed by atoms with van der Waals surface area (Å²) >= 11 is 5.83. The molecule has 2 heterocycles. The van der Waals surface area contributed by atoms with E-state index in [0.29, 0.717) is 18.1 Å².